The average Bonchev–Trinajstić information content (AvgIpc) is 3.03. The molecule has 2 fully saturated rings. The standard InChI is InChI=1S/C17H26N2O3.ClH/c1-3-14-4-5-16(22-14)15-11-21-9-8-19(15)17(20)13-6-7-18-12(2)10-13;/h4-5,12-13,15,18H,3,6-11H2,1-2H3;1H/t12-,13-,15?;/m0./s1. The molecule has 2 saturated heterocycles. The molecule has 3 heterocycles. The Morgan fingerprint density at radius 1 is 1.43 bits per heavy atom. The lowest BCUT2D eigenvalue weighted by Crippen LogP contribution is -2.49. The molecular weight excluding hydrogens is 316 g/mol. The summed E-state index contributed by atoms with van der Waals surface area (Å²) in [5.74, 6) is 2.20. The molecule has 130 valence electrons. The molecule has 2 aliphatic heterocycles. The zero-order valence-corrected chi connectivity index (χ0v) is 14.7. The third kappa shape index (κ3) is 4.08. The number of ether oxygens (including phenoxy) is 1. The number of amides is 1. The Morgan fingerprint density at radius 2 is 2.26 bits per heavy atom. The van der Waals surface area contributed by atoms with Crippen LogP contribution < -0.4 is 5.32 Å². The zero-order chi connectivity index (χ0) is 15.5. The van der Waals surface area contributed by atoms with E-state index in [1.807, 2.05) is 17.0 Å². The summed E-state index contributed by atoms with van der Waals surface area (Å²) in [6, 6.07) is 4.33. The average molecular weight is 343 g/mol. The van der Waals surface area contributed by atoms with Crippen LogP contribution >= 0.6 is 12.4 Å². The molecule has 1 unspecified atom stereocenters. The Morgan fingerprint density at radius 3 is 2.96 bits per heavy atom. The lowest BCUT2D eigenvalue weighted by Gasteiger charge is -2.38. The highest BCUT2D eigenvalue weighted by Gasteiger charge is 2.35. The van der Waals surface area contributed by atoms with Crippen LogP contribution in [0, 0.1) is 5.92 Å². The number of aryl methyl sites for hydroxylation is 1. The van der Waals surface area contributed by atoms with Gasteiger partial charge < -0.3 is 19.4 Å². The van der Waals surface area contributed by atoms with E-state index < -0.39 is 0 Å². The van der Waals surface area contributed by atoms with Crippen LogP contribution in [0.15, 0.2) is 16.5 Å². The van der Waals surface area contributed by atoms with Crippen molar-refractivity contribution in [1.82, 2.24) is 10.2 Å². The summed E-state index contributed by atoms with van der Waals surface area (Å²) in [5.41, 5.74) is 0. The molecule has 1 aromatic heterocycles. The highest BCUT2D eigenvalue weighted by Crippen LogP contribution is 2.29. The van der Waals surface area contributed by atoms with Crippen LogP contribution in [0.1, 0.15) is 44.3 Å². The maximum absolute atomic E-state index is 13.0. The second kappa shape index (κ2) is 8.18. The van der Waals surface area contributed by atoms with Crippen molar-refractivity contribution >= 4 is 18.3 Å². The SMILES string of the molecule is CCc1ccc(C2COCCN2C(=O)[C@H]2CCN[C@@H](C)C2)o1.Cl. The number of halogens is 1. The van der Waals surface area contributed by atoms with Crippen molar-refractivity contribution in [3.63, 3.8) is 0 Å². The lowest BCUT2D eigenvalue weighted by molar-refractivity contribution is -0.146. The van der Waals surface area contributed by atoms with Crippen LogP contribution in [0.25, 0.3) is 0 Å². The predicted molar refractivity (Wildman–Crippen MR) is 90.8 cm³/mol. The van der Waals surface area contributed by atoms with Crippen molar-refractivity contribution < 1.29 is 13.9 Å². The minimum atomic E-state index is -0.0771. The van der Waals surface area contributed by atoms with Gasteiger partial charge in [-0.25, -0.2) is 0 Å². The number of nitrogens with one attached hydrogen (secondary N) is 1. The van der Waals surface area contributed by atoms with E-state index in [1.165, 1.54) is 0 Å². The van der Waals surface area contributed by atoms with Crippen LogP contribution in [0.2, 0.25) is 0 Å². The van der Waals surface area contributed by atoms with Gasteiger partial charge in [-0.2, -0.15) is 0 Å². The molecular formula is C17H27ClN2O3. The van der Waals surface area contributed by atoms with E-state index in [0.717, 1.165) is 37.3 Å². The highest BCUT2D eigenvalue weighted by molar-refractivity contribution is 5.85. The van der Waals surface area contributed by atoms with E-state index in [0.29, 0.717) is 25.8 Å². The van der Waals surface area contributed by atoms with E-state index in [-0.39, 0.29) is 30.3 Å². The topological polar surface area (TPSA) is 54.7 Å². The van der Waals surface area contributed by atoms with Crippen LogP contribution in [-0.4, -0.2) is 43.2 Å². The number of carbonyl (C=O) groups is 1. The van der Waals surface area contributed by atoms with Gasteiger partial charge in [0.25, 0.3) is 0 Å². The molecule has 2 aliphatic rings. The van der Waals surface area contributed by atoms with Gasteiger partial charge in [-0.1, -0.05) is 6.92 Å². The molecule has 0 aliphatic carbocycles. The zero-order valence-electron chi connectivity index (χ0n) is 13.9. The molecule has 1 amide bonds. The summed E-state index contributed by atoms with van der Waals surface area (Å²) in [5, 5.41) is 3.41. The fourth-order valence-corrected chi connectivity index (χ4v) is 3.46. The molecule has 6 heteroatoms. The van der Waals surface area contributed by atoms with Crippen molar-refractivity contribution in [2.45, 2.75) is 45.2 Å². The van der Waals surface area contributed by atoms with E-state index in [9.17, 15) is 4.79 Å². The van der Waals surface area contributed by atoms with Crippen LogP contribution in [-0.2, 0) is 16.0 Å². The van der Waals surface area contributed by atoms with Crippen LogP contribution in [0.4, 0.5) is 0 Å². The van der Waals surface area contributed by atoms with Gasteiger partial charge in [0.05, 0.1) is 13.2 Å². The molecule has 1 N–H and O–H groups in total. The molecule has 3 atom stereocenters. The van der Waals surface area contributed by atoms with E-state index in [1.54, 1.807) is 0 Å². The molecule has 0 aromatic carbocycles. The minimum Gasteiger partial charge on any atom is -0.464 e. The van der Waals surface area contributed by atoms with Gasteiger partial charge in [0.2, 0.25) is 5.91 Å². The smallest absolute Gasteiger partial charge is 0.226 e. The Bertz CT molecular complexity index is 520. The van der Waals surface area contributed by atoms with E-state index in [2.05, 4.69) is 19.2 Å². The third-order valence-electron chi connectivity index (χ3n) is 4.74. The van der Waals surface area contributed by atoms with Crippen LogP contribution in [0.5, 0.6) is 0 Å². The number of hydrogen-bond acceptors (Lipinski definition) is 4. The highest BCUT2D eigenvalue weighted by atomic mass is 35.5. The summed E-state index contributed by atoms with van der Waals surface area (Å²) in [7, 11) is 0. The van der Waals surface area contributed by atoms with Crippen molar-refractivity contribution in [3.8, 4) is 0 Å². The van der Waals surface area contributed by atoms with Gasteiger partial charge in [-0.15, -0.1) is 12.4 Å². The minimum absolute atomic E-state index is 0. The van der Waals surface area contributed by atoms with Crippen molar-refractivity contribution in [2.24, 2.45) is 5.92 Å². The van der Waals surface area contributed by atoms with Crippen LogP contribution in [0.3, 0.4) is 0 Å². The normalized spacial score (nSPS) is 28.3. The molecule has 1 aromatic rings. The summed E-state index contributed by atoms with van der Waals surface area (Å²) in [4.78, 5) is 14.9. The summed E-state index contributed by atoms with van der Waals surface area (Å²) >= 11 is 0. The largest absolute Gasteiger partial charge is 0.464 e. The second-order valence-corrected chi connectivity index (χ2v) is 6.36. The number of hydrogen-bond donors (Lipinski definition) is 1. The molecule has 5 nitrogen and oxygen atoms in total. The molecule has 0 radical (unpaired) electrons. The Hall–Kier alpha value is -1.04. The molecule has 0 bridgehead atoms. The first kappa shape index (κ1) is 18.3. The number of furan rings is 1. The number of morpholine rings is 1. The van der Waals surface area contributed by atoms with Gasteiger partial charge >= 0.3 is 0 Å². The summed E-state index contributed by atoms with van der Waals surface area (Å²) in [6.45, 7) is 6.94. The predicted octanol–water partition coefficient (Wildman–Crippen LogP) is 2.55. The fourth-order valence-electron chi connectivity index (χ4n) is 3.46. The Balaban J connectivity index is 0.00000192. The van der Waals surface area contributed by atoms with E-state index >= 15 is 0 Å². The van der Waals surface area contributed by atoms with Crippen molar-refractivity contribution in [2.75, 3.05) is 26.3 Å². The molecule has 23 heavy (non-hydrogen) atoms. The Labute approximate surface area is 144 Å². The third-order valence-corrected chi connectivity index (χ3v) is 4.74. The van der Waals surface area contributed by atoms with Gasteiger partial charge in [-0.3, -0.25) is 4.79 Å². The molecule has 3 rings (SSSR count). The summed E-state index contributed by atoms with van der Waals surface area (Å²) in [6.07, 6.45) is 2.71. The van der Waals surface area contributed by atoms with Crippen molar-refractivity contribution in [1.29, 1.82) is 0 Å². The van der Waals surface area contributed by atoms with Gasteiger partial charge in [0.1, 0.15) is 17.6 Å². The molecule has 0 spiro atoms. The van der Waals surface area contributed by atoms with Gasteiger partial charge in [0, 0.05) is 24.9 Å². The fraction of sp³-hybridized carbons (Fsp3) is 0.706. The maximum atomic E-state index is 13.0. The second-order valence-electron chi connectivity index (χ2n) is 6.36. The maximum Gasteiger partial charge on any atom is 0.226 e. The number of piperidine rings is 1. The summed E-state index contributed by atoms with van der Waals surface area (Å²) < 4.78 is 11.5. The lowest BCUT2D eigenvalue weighted by atomic mass is 9.91. The van der Waals surface area contributed by atoms with Crippen molar-refractivity contribution in [3.05, 3.63) is 23.7 Å². The molecule has 0 saturated carbocycles. The Kier molecular flexibility index (Phi) is 6.50. The first-order chi connectivity index (χ1) is 10.7. The number of carbonyl (C=O) groups excluding carboxylic acids is 1. The quantitative estimate of drug-likeness (QED) is 0.917. The first-order valence-corrected chi connectivity index (χ1v) is 8.39. The first-order valence-electron chi connectivity index (χ1n) is 8.39. The number of nitrogens with zero attached hydrogens (tertiary/aromatic N) is 1. The van der Waals surface area contributed by atoms with Gasteiger partial charge in [0.15, 0.2) is 0 Å². The number of rotatable bonds is 3. The monoisotopic (exact) mass is 342 g/mol. The van der Waals surface area contributed by atoms with E-state index in [4.69, 9.17) is 9.15 Å². The van der Waals surface area contributed by atoms with Gasteiger partial charge in [-0.05, 0) is 38.4 Å².